The van der Waals surface area contributed by atoms with E-state index in [4.69, 9.17) is 0 Å². The van der Waals surface area contributed by atoms with E-state index in [9.17, 15) is 4.79 Å². The first-order chi connectivity index (χ1) is 7.56. The molecule has 1 aromatic heterocycles. The fourth-order valence-electron chi connectivity index (χ4n) is 1.96. The Bertz CT molecular complexity index is 523. The molecule has 0 aliphatic heterocycles. The molecular formula is C14H17NO. The molecule has 16 heavy (non-hydrogen) atoms. The molecule has 0 saturated carbocycles. The van der Waals surface area contributed by atoms with Crippen LogP contribution in [0, 0.1) is 5.92 Å². The number of nitrogens with one attached hydrogen (secondary N) is 1. The minimum absolute atomic E-state index is 0.113. The first kappa shape index (κ1) is 10.9. The predicted molar refractivity (Wildman–Crippen MR) is 66.8 cm³/mol. The summed E-state index contributed by atoms with van der Waals surface area (Å²) in [5, 5.41) is 1.18. The van der Waals surface area contributed by atoms with E-state index in [-0.39, 0.29) is 5.78 Å². The highest BCUT2D eigenvalue weighted by Crippen LogP contribution is 2.19. The molecule has 0 radical (unpaired) electrons. The Morgan fingerprint density at radius 1 is 1.31 bits per heavy atom. The van der Waals surface area contributed by atoms with Crippen LogP contribution < -0.4 is 0 Å². The highest BCUT2D eigenvalue weighted by atomic mass is 16.1. The summed E-state index contributed by atoms with van der Waals surface area (Å²) >= 11 is 0. The second kappa shape index (κ2) is 4.12. The van der Waals surface area contributed by atoms with Crippen LogP contribution in [0.3, 0.4) is 0 Å². The molecule has 1 aromatic carbocycles. The van der Waals surface area contributed by atoms with Gasteiger partial charge in [-0.1, -0.05) is 26.0 Å². The minimum atomic E-state index is 0.113. The highest BCUT2D eigenvalue weighted by molar-refractivity contribution is 5.97. The van der Waals surface area contributed by atoms with E-state index < -0.39 is 0 Å². The van der Waals surface area contributed by atoms with E-state index in [0.29, 0.717) is 5.92 Å². The van der Waals surface area contributed by atoms with Crippen LogP contribution in [-0.4, -0.2) is 10.8 Å². The summed E-state index contributed by atoms with van der Waals surface area (Å²) in [5.41, 5.74) is 3.07. The molecule has 0 atom stereocenters. The zero-order valence-electron chi connectivity index (χ0n) is 10.0. The van der Waals surface area contributed by atoms with Crippen LogP contribution in [0.25, 0.3) is 10.9 Å². The van der Waals surface area contributed by atoms with E-state index in [1.807, 2.05) is 18.2 Å². The second-order valence-electron chi connectivity index (χ2n) is 4.75. The summed E-state index contributed by atoms with van der Waals surface area (Å²) in [7, 11) is 0. The summed E-state index contributed by atoms with van der Waals surface area (Å²) in [5.74, 6) is 0.752. The molecular weight excluding hydrogens is 198 g/mol. The molecule has 0 fully saturated rings. The van der Waals surface area contributed by atoms with Crippen molar-refractivity contribution in [3.63, 3.8) is 0 Å². The summed E-state index contributed by atoms with van der Waals surface area (Å²) < 4.78 is 0. The molecule has 1 N–H and O–H groups in total. The summed E-state index contributed by atoms with van der Waals surface area (Å²) in [6.07, 6.45) is 1.05. The van der Waals surface area contributed by atoms with Gasteiger partial charge in [-0.3, -0.25) is 4.79 Å². The van der Waals surface area contributed by atoms with Crippen molar-refractivity contribution >= 4 is 16.7 Å². The lowest BCUT2D eigenvalue weighted by atomic mass is 10.1. The van der Waals surface area contributed by atoms with Gasteiger partial charge in [-0.15, -0.1) is 0 Å². The number of fused-ring (bicyclic) bond motifs is 1. The molecule has 0 saturated heterocycles. The van der Waals surface area contributed by atoms with Crippen LogP contribution in [0.2, 0.25) is 0 Å². The highest BCUT2D eigenvalue weighted by Gasteiger charge is 2.05. The number of benzene rings is 1. The lowest BCUT2D eigenvalue weighted by Crippen LogP contribution is -1.93. The van der Waals surface area contributed by atoms with E-state index >= 15 is 0 Å². The van der Waals surface area contributed by atoms with Crippen molar-refractivity contribution < 1.29 is 4.79 Å². The number of carbonyl (C=O) groups excluding carboxylic acids is 1. The van der Waals surface area contributed by atoms with Crippen LogP contribution in [0.1, 0.15) is 36.8 Å². The number of hydrogen-bond acceptors (Lipinski definition) is 1. The Morgan fingerprint density at radius 2 is 2.06 bits per heavy atom. The molecule has 2 nitrogen and oxygen atoms in total. The number of aromatic nitrogens is 1. The Hall–Kier alpha value is -1.57. The predicted octanol–water partition coefficient (Wildman–Crippen LogP) is 3.57. The topological polar surface area (TPSA) is 32.9 Å². The molecule has 0 amide bonds. The number of ketones is 1. The molecule has 0 aliphatic rings. The number of carbonyl (C=O) groups is 1. The van der Waals surface area contributed by atoms with Gasteiger partial charge in [-0.25, -0.2) is 0 Å². The minimum Gasteiger partial charge on any atom is -0.358 e. The van der Waals surface area contributed by atoms with E-state index in [1.54, 1.807) is 6.92 Å². The van der Waals surface area contributed by atoms with Gasteiger partial charge >= 0.3 is 0 Å². The van der Waals surface area contributed by atoms with Gasteiger partial charge in [0.25, 0.3) is 0 Å². The molecule has 2 heteroatoms. The van der Waals surface area contributed by atoms with Gasteiger partial charge in [-0.2, -0.15) is 0 Å². The molecule has 2 rings (SSSR count). The smallest absolute Gasteiger partial charge is 0.159 e. The zero-order chi connectivity index (χ0) is 11.7. The van der Waals surface area contributed by atoms with Crippen molar-refractivity contribution in [3.05, 3.63) is 35.5 Å². The van der Waals surface area contributed by atoms with E-state index in [2.05, 4.69) is 24.9 Å². The monoisotopic (exact) mass is 215 g/mol. The lowest BCUT2D eigenvalue weighted by molar-refractivity contribution is 0.101. The van der Waals surface area contributed by atoms with Gasteiger partial charge in [0.15, 0.2) is 5.78 Å². The molecule has 0 aliphatic carbocycles. The van der Waals surface area contributed by atoms with Crippen LogP contribution in [-0.2, 0) is 6.42 Å². The molecule has 0 unspecified atom stereocenters. The van der Waals surface area contributed by atoms with Crippen molar-refractivity contribution in [1.82, 2.24) is 4.98 Å². The quantitative estimate of drug-likeness (QED) is 0.780. The first-order valence-electron chi connectivity index (χ1n) is 5.69. The van der Waals surface area contributed by atoms with Crippen molar-refractivity contribution in [1.29, 1.82) is 0 Å². The summed E-state index contributed by atoms with van der Waals surface area (Å²) in [6.45, 7) is 6.00. The van der Waals surface area contributed by atoms with Gasteiger partial charge in [0.1, 0.15) is 0 Å². The maximum atomic E-state index is 11.3. The maximum Gasteiger partial charge on any atom is 0.159 e. The van der Waals surface area contributed by atoms with Crippen molar-refractivity contribution in [2.75, 3.05) is 0 Å². The third kappa shape index (κ3) is 2.16. The average molecular weight is 215 g/mol. The Morgan fingerprint density at radius 3 is 2.69 bits per heavy atom. The van der Waals surface area contributed by atoms with Crippen LogP contribution in [0.5, 0.6) is 0 Å². The summed E-state index contributed by atoms with van der Waals surface area (Å²) in [6, 6.07) is 7.99. The van der Waals surface area contributed by atoms with Crippen LogP contribution in [0.15, 0.2) is 24.3 Å². The third-order valence-electron chi connectivity index (χ3n) is 2.71. The van der Waals surface area contributed by atoms with Gasteiger partial charge in [0.05, 0.1) is 0 Å². The number of hydrogen-bond donors (Lipinski definition) is 1. The number of rotatable bonds is 3. The second-order valence-corrected chi connectivity index (χ2v) is 4.75. The number of aromatic amines is 1. The fraction of sp³-hybridized carbons (Fsp3) is 0.357. The summed E-state index contributed by atoms with van der Waals surface area (Å²) in [4.78, 5) is 14.6. The lowest BCUT2D eigenvalue weighted by Gasteiger charge is -2.00. The molecule has 84 valence electrons. The van der Waals surface area contributed by atoms with Gasteiger partial charge in [0.2, 0.25) is 0 Å². The first-order valence-corrected chi connectivity index (χ1v) is 5.69. The molecule has 1 heterocycles. The third-order valence-corrected chi connectivity index (χ3v) is 2.71. The SMILES string of the molecule is CC(=O)c1ccc2cc(CC(C)C)[nH]c2c1. The fourth-order valence-corrected chi connectivity index (χ4v) is 1.96. The van der Waals surface area contributed by atoms with Crippen molar-refractivity contribution in [2.45, 2.75) is 27.2 Å². The molecule has 0 bridgehead atoms. The molecule has 2 aromatic rings. The Balaban J connectivity index is 2.42. The Labute approximate surface area is 95.7 Å². The Kier molecular flexibility index (Phi) is 2.82. The van der Waals surface area contributed by atoms with E-state index in [0.717, 1.165) is 17.5 Å². The normalized spacial score (nSPS) is 11.2. The average Bonchev–Trinajstić information content (AvgIpc) is 2.56. The standard InChI is InChI=1S/C14H17NO/c1-9(2)6-13-7-12-5-4-11(10(3)16)8-14(12)15-13/h4-5,7-9,15H,6H2,1-3H3. The van der Waals surface area contributed by atoms with Gasteiger partial charge < -0.3 is 4.98 Å². The largest absolute Gasteiger partial charge is 0.358 e. The van der Waals surface area contributed by atoms with E-state index in [1.165, 1.54) is 11.1 Å². The van der Waals surface area contributed by atoms with Crippen molar-refractivity contribution in [3.8, 4) is 0 Å². The van der Waals surface area contributed by atoms with Gasteiger partial charge in [0, 0.05) is 16.8 Å². The van der Waals surface area contributed by atoms with Crippen molar-refractivity contribution in [2.24, 2.45) is 5.92 Å². The molecule has 0 spiro atoms. The van der Waals surface area contributed by atoms with Crippen LogP contribution in [0.4, 0.5) is 0 Å². The zero-order valence-corrected chi connectivity index (χ0v) is 10.0. The number of H-pyrrole nitrogens is 1. The van der Waals surface area contributed by atoms with Crippen LogP contribution >= 0.6 is 0 Å². The number of Topliss-reactive ketones (excluding diaryl/α,β-unsaturated/α-hetero) is 1. The maximum absolute atomic E-state index is 11.3. The van der Waals surface area contributed by atoms with Gasteiger partial charge in [-0.05, 0) is 36.8 Å².